The van der Waals surface area contributed by atoms with E-state index >= 15 is 0 Å². The minimum atomic E-state index is -0.857. The van der Waals surface area contributed by atoms with E-state index in [4.69, 9.17) is 18.9 Å². The van der Waals surface area contributed by atoms with Crippen LogP contribution in [0.2, 0.25) is 0 Å². The molecule has 0 aliphatic heterocycles. The highest BCUT2D eigenvalue weighted by molar-refractivity contribution is 5.81. The molecular formula is C44H40N2O7. The van der Waals surface area contributed by atoms with E-state index < -0.39 is 12.3 Å². The Morgan fingerprint density at radius 1 is 0.472 bits per heavy atom. The lowest BCUT2D eigenvalue weighted by Gasteiger charge is -2.26. The van der Waals surface area contributed by atoms with Crippen LogP contribution in [-0.2, 0) is 18.9 Å². The monoisotopic (exact) mass is 708 g/mol. The molecule has 0 bridgehead atoms. The predicted octanol–water partition coefficient (Wildman–Crippen LogP) is 10.9. The summed E-state index contributed by atoms with van der Waals surface area (Å²) in [5.41, 5.74) is 9.30. The summed E-state index contributed by atoms with van der Waals surface area (Å²) >= 11 is 0. The van der Waals surface area contributed by atoms with Crippen molar-refractivity contribution < 1.29 is 33.3 Å². The molecule has 6 rings (SSSR count). The van der Waals surface area contributed by atoms with Crippen molar-refractivity contribution in [1.29, 1.82) is 0 Å². The van der Waals surface area contributed by atoms with Crippen molar-refractivity contribution in [2.75, 3.05) is 43.3 Å². The third kappa shape index (κ3) is 9.81. The molecule has 0 fully saturated rings. The summed E-state index contributed by atoms with van der Waals surface area (Å²) in [6, 6.07) is 53.1. The Bertz CT molecular complexity index is 2070. The van der Waals surface area contributed by atoms with Gasteiger partial charge in [-0.05, 0) is 96.4 Å². The molecule has 0 unspecified atom stereocenters. The Hall–Kier alpha value is -6.58. The molecule has 0 heterocycles. The number of nitrogens with zero attached hydrogens (tertiary/aromatic N) is 2. The average Bonchev–Trinajstić information content (AvgIpc) is 3.19. The van der Waals surface area contributed by atoms with Crippen molar-refractivity contribution in [1.82, 2.24) is 0 Å². The summed E-state index contributed by atoms with van der Waals surface area (Å²) in [7, 11) is 1.23. The fourth-order valence-corrected chi connectivity index (χ4v) is 5.76. The first kappa shape index (κ1) is 36.2. The minimum absolute atomic E-state index is 0.0278. The number of anilines is 6. The Morgan fingerprint density at radius 3 is 1.43 bits per heavy atom. The van der Waals surface area contributed by atoms with E-state index in [1.54, 1.807) is 12.1 Å². The second-order valence-corrected chi connectivity index (χ2v) is 11.9. The maximum absolute atomic E-state index is 12.4. The van der Waals surface area contributed by atoms with Gasteiger partial charge in [-0.25, -0.2) is 9.59 Å². The molecule has 6 aromatic carbocycles. The number of hydrogen-bond donors (Lipinski definition) is 0. The lowest BCUT2D eigenvalue weighted by atomic mass is 10.0. The molecule has 0 spiro atoms. The Kier molecular flexibility index (Phi) is 12.4. The number of methoxy groups -OCH3 is 1. The van der Waals surface area contributed by atoms with Gasteiger partial charge in [0.15, 0.2) is 0 Å². The van der Waals surface area contributed by atoms with Gasteiger partial charge >= 0.3 is 12.3 Å². The van der Waals surface area contributed by atoms with E-state index in [0.29, 0.717) is 5.75 Å². The van der Waals surface area contributed by atoms with Crippen molar-refractivity contribution in [3.63, 3.8) is 0 Å². The van der Waals surface area contributed by atoms with Crippen LogP contribution in [0.4, 0.5) is 43.7 Å². The Balaban J connectivity index is 1.16. The predicted molar refractivity (Wildman–Crippen MR) is 207 cm³/mol. The van der Waals surface area contributed by atoms with E-state index in [1.807, 2.05) is 48.5 Å². The first-order valence-electron chi connectivity index (χ1n) is 17.2. The molecule has 0 amide bonds. The molecule has 9 heteroatoms. The maximum atomic E-state index is 12.4. The van der Waals surface area contributed by atoms with Crippen molar-refractivity contribution in [2.45, 2.75) is 6.92 Å². The van der Waals surface area contributed by atoms with Gasteiger partial charge < -0.3 is 33.5 Å². The van der Waals surface area contributed by atoms with Gasteiger partial charge in [0.25, 0.3) is 0 Å². The van der Waals surface area contributed by atoms with Crippen molar-refractivity contribution in [3.05, 3.63) is 163 Å². The van der Waals surface area contributed by atoms with Crippen molar-refractivity contribution >= 4 is 46.4 Å². The maximum Gasteiger partial charge on any atom is 0.513 e. The first-order valence-corrected chi connectivity index (χ1v) is 17.2. The zero-order valence-electron chi connectivity index (χ0n) is 29.6. The van der Waals surface area contributed by atoms with Crippen molar-refractivity contribution in [2.24, 2.45) is 0 Å². The molecular weight excluding hydrogens is 668 g/mol. The average molecular weight is 709 g/mol. The highest BCUT2D eigenvalue weighted by Crippen LogP contribution is 2.38. The van der Waals surface area contributed by atoms with E-state index in [2.05, 4.69) is 119 Å². The molecule has 53 heavy (non-hydrogen) atoms. The zero-order valence-corrected chi connectivity index (χ0v) is 29.6. The fourth-order valence-electron chi connectivity index (χ4n) is 5.76. The van der Waals surface area contributed by atoms with Crippen LogP contribution in [0.1, 0.15) is 5.56 Å². The van der Waals surface area contributed by atoms with E-state index in [1.165, 1.54) is 12.7 Å². The number of carbonyl (C=O) groups is 2. The lowest BCUT2D eigenvalue weighted by molar-refractivity contribution is 0.0198. The number of ether oxygens (including phenoxy) is 5. The standard InChI is InChI=1S/C44H40N2O7/c1-33-11-9-16-40(31-33)45(36-12-5-3-6-13-36)38-23-19-34(20-24-38)35-21-25-39(26-22-35)46(37-14-7-4-8-15-37)41-17-10-18-42(32-41)53-44(48)52-30-28-50-27-29-51-43(47)49-2/h3-26,31-32H,27-30H2,1-2H3. The van der Waals surface area contributed by atoms with Crippen molar-refractivity contribution in [3.8, 4) is 16.9 Å². The second-order valence-electron chi connectivity index (χ2n) is 11.9. The van der Waals surface area contributed by atoms with Gasteiger partial charge in [0.05, 0.1) is 20.3 Å². The molecule has 0 aliphatic carbocycles. The molecule has 0 radical (unpaired) electrons. The summed E-state index contributed by atoms with van der Waals surface area (Å²) in [5, 5.41) is 0. The van der Waals surface area contributed by atoms with Crippen LogP contribution in [0, 0.1) is 6.92 Å². The molecule has 0 aromatic heterocycles. The number of para-hydroxylation sites is 2. The minimum Gasteiger partial charge on any atom is -0.438 e. The number of carbonyl (C=O) groups excluding carboxylic acids is 2. The SMILES string of the molecule is COC(=O)OCCOCCOC(=O)Oc1cccc(N(c2ccccc2)c2ccc(-c3ccc(N(c4ccccc4)c4cccc(C)c4)cc3)cc2)c1. The molecule has 0 atom stereocenters. The topological polar surface area (TPSA) is 86.8 Å². The van der Waals surface area contributed by atoms with E-state index in [-0.39, 0.29) is 26.4 Å². The Labute approximate surface area is 309 Å². The number of aryl methyl sites for hydroxylation is 1. The van der Waals surface area contributed by atoms with Crippen LogP contribution in [0.5, 0.6) is 5.75 Å². The first-order chi connectivity index (χ1) is 26.0. The third-order valence-electron chi connectivity index (χ3n) is 8.21. The van der Waals surface area contributed by atoms with Crippen LogP contribution in [0.15, 0.2) is 158 Å². The third-order valence-corrected chi connectivity index (χ3v) is 8.21. The summed E-state index contributed by atoms with van der Waals surface area (Å²) in [6.07, 6.45) is -1.64. The van der Waals surface area contributed by atoms with Crippen LogP contribution < -0.4 is 14.5 Å². The molecule has 0 N–H and O–H groups in total. The molecule has 0 saturated carbocycles. The molecule has 268 valence electrons. The number of hydrogen-bond acceptors (Lipinski definition) is 9. The molecule has 0 saturated heterocycles. The van der Waals surface area contributed by atoms with Gasteiger partial charge in [-0.1, -0.05) is 78.9 Å². The van der Waals surface area contributed by atoms with Crippen LogP contribution in [0.25, 0.3) is 11.1 Å². The van der Waals surface area contributed by atoms with Gasteiger partial charge in [0, 0.05) is 40.2 Å². The molecule has 0 aliphatic rings. The summed E-state index contributed by atoms with van der Waals surface area (Å²) < 4.78 is 25.1. The van der Waals surface area contributed by atoms with Gasteiger partial charge in [-0.3, -0.25) is 0 Å². The smallest absolute Gasteiger partial charge is 0.438 e. The van der Waals surface area contributed by atoms with Gasteiger partial charge in [0.1, 0.15) is 19.0 Å². The fraction of sp³-hybridized carbons (Fsp3) is 0.136. The van der Waals surface area contributed by atoms with Gasteiger partial charge in [-0.15, -0.1) is 0 Å². The molecule has 6 aromatic rings. The van der Waals surface area contributed by atoms with Crippen LogP contribution in [-0.4, -0.2) is 45.8 Å². The summed E-state index contributed by atoms with van der Waals surface area (Å²) in [4.78, 5) is 27.8. The lowest BCUT2D eigenvalue weighted by Crippen LogP contribution is -2.16. The largest absolute Gasteiger partial charge is 0.513 e. The summed E-state index contributed by atoms with van der Waals surface area (Å²) in [6.45, 7) is 2.36. The Morgan fingerprint density at radius 2 is 0.925 bits per heavy atom. The highest BCUT2D eigenvalue weighted by atomic mass is 16.7. The quantitative estimate of drug-likeness (QED) is 0.0623. The number of rotatable bonds is 14. The highest BCUT2D eigenvalue weighted by Gasteiger charge is 2.16. The summed E-state index contributed by atoms with van der Waals surface area (Å²) in [5.74, 6) is 0.327. The van der Waals surface area contributed by atoms with E-state index in [9.17, 15) is 9.59 Å². The second kappa shape index (κ2) is 18.1. The van der Waals surface area contributed by atoms with E-state index in [0.717, 1.165) is 45.3 Å². The van der Waals surface area contributed by atoms with Gasteiger partial charge in [-0.2, -0.15) is 0 Å². The molecule has 9 nitrogen and oxygen atoms in total. The van der Waals surface area contributed by atoms with Crippen LogP contribution >= 0.6 is 0 Å². The van der Waals surface area contributed by atoms with Crippen LogP contribution in [0.3, 0.4) is 0 Å². The normalized spacial score (nSPS) is 10.6. The number of benzene rings is 6. The van der Waals surface area contributed by atoms with Gasteiger partial charge in [0.2, 0.25) is 0 Å². The zero-order chi connectivity index (χ0) is 36.8.